The summed E-state index contributed by atoms with van der Waals surface area (Å²) in [7, 11) is 1.60. The first-order valence-electron chi connectivity index (χ1n) is 7.63. The second-order valence-electron chi connectivity index (χ2n) is 5.43. The summed E-state index contributed by atoms with van der Waals surface area (Å²) >= 11 is 1.19. The monoisotopic (exact) mass is 342 g/mol. The predicted octanol–water partition coefficient (Wildman–Crippen LogP) is 3.65. The third kappa shape index (κ3) is 2.92. The van der Waals surface area contributed by atoms with Crippen molar-refractivity contribution >= 4 is 33.1 Å². The summed E-state index contributed by atoms with van der Waals surface area (Å²) in [6, 6.07) is 10.8. The Balaban J connectivity index is 1.88. The number of nitrogens with zero attached hydrogens (tertiary/aromatic N) is 1. The molecule has 3 rings (SSSR count). The third-order valence-corrected chi connectivity index (χ3v) is 4.84. The molecule has 0 saturated heterocycles. The minimum atomic E-state index is -0.192. The van der Waals surface area contributed by atoms with Crippen molar-refractivity contribution in [2.45, 2.75) is 20.4 Å². The van der Waals surface area contributed by atoms with Crippen molar-refractivity contribution in [1.29, 1.82) is 0 Å². The summed E-state index contributed by atoms with van der Waals surface area (Å²) in [6.45, 7) is 4.47. The van der Waals surface area contributed by atoms with Gasteiger partial charge in [0.05, 0.1) is 17.3 Å². The maximum atomic E-state index is 12.4. The number of hydrogen-bond donors (Lipinski definition) is 1. The van der Waals surface area contributed by atoms with Gasteiger partial charge in [0.2, 0.25) is 0 Å². The van der Waals surface area contributed by atoms with Gasteiger partial charge in [-0.3, -0.25) is 14.2 Å². The first kappa shape index (κ1) is 16.3. The smallest absolute Gasteiger partial charge is 0.308 e. The van der Waals surface area contributed by atoms with Gasteiger partial charge in [0.25, 0.3) is 5.91 Å². The molecule has 0 bridgehead atoms. The Morgan fingerprint density at radius 1 is 1.25 bits per heavy atom. The second kappa shape index (κ2) is 6.49. The molecule has 1 amide bonds. The Labute approximate surface area is 143 Å². The number of thiazole rings is 1. The summed E-state index contributed by atoms with van der Waals surface area (Å²) in [5.41, 5.74) is 3.03. The fourth-order valence-electron chi connectivity index (χ4n) is 2.67. The van der Waals surface area contributed by atoms with Crippen molar-refractivity contribution in [2.75, 3.05) is 12.4 Å². The highest BCUT2D eigenvalue weighted by molar-refractivity contribution is 7.16. The Bertz CT molecular complexity index is 972. The number of methoxy groups -OCH3 is 1. The molecule has 6 heteroatoms. The van der Waals surface area contributed by atoms with Crippen molar-refractivity contribution < 1.29 is 9.53 Å². The number of hydrogen-bond acceptors (Lipinski definition) is 4. The van der Waals surface area contributed by atoms with E-state index in [2.05, 4.69) is 5.32 Å². The standard InChI is InChI=1S/C18H18N2O3S/c1-4-20-14-7-6-13(10-16(14)24-18(20)22)19-17(21)12-5-8-15(23-3)11(2)9-12/h5-10H,4H2,1-3H3,(H,19,21). The van der Waals surface area contributed by atoms with Crippen LogP contribution in [0, 0.1) is 6.92 Å². The van der Waals surface area contributed by atoms with E-state index in [1.54, 1.807) is 29.9 Å². The Hall–Kier alpha value is -2.60. The number of rotatable bonds is 4. The van der Waals surface area contributed by atoms with E-state index >= 15 is 0 Å². The summed E-state index contributed by atoms with van der Waals surface area (Å²) in [5.74, 6) is 0.557. The molecule has 1 N–H and O–H groups in total. The number of benzene rings is 2. The Morgan fingerprint density at radius 3 is 2.71 bits per heavy atom. The molecular formula is C18H18N2O3S. The molecule has 0 aliphatic carbocycles. The minimum Gasteiger partial charge on any atom is -0.496 e. The summed E-state index contributed by atoms with van der Waals surface area (Å²) in [4.78, 5) is 24.3. The van der Waals surface area contributed by atoms with Crippen molar-refractivity contribution in [3.63, 3.8) is 0 Å². The predicted molar refractivity (Wildman–Crippen MR) is 97.4 cm³/mol. The molecule has 2 aromatic carbocycles. The zero-order valence-electron chi connectivity index (χ0n) is 13.8. The average Bonchev–Trinajstić information content (AvgIpc) is 2.88. The quantitative estimate of drug-likeness (QED) is 0.787. The summed E-state index contributed by atoms with van der Waals surface area (Å²) in [5, 5.41) is 2.88. The molecule has 0 aliphatic heterocycles. The highest BCUT2D eigenvalue weighted by Gasteiger charge is 2.11. The number of carbonyl (C=O) groups is 1. The third-order valence-electron chi connectivity index (χ3n) is 3.90. The molecule has 0 aliphatic rings. The van der Waals surface area contributed by atoms with Gasteiger partial charge < -0.3 is 10.1 Å². The van der Waals surface area contributed by atoms with E-state index in [9.17, 15) is 9.59 Å². The van der Waals surface area contributed by atoms with Crippen LogP contribution in [0.15, 0.2) is 41.2 Å². The first-order valence-corrected chi connectivity index (χ1v) is 8.44. The van der Waals surface area contributed by atoms with E-state index in [-0.39, 0.29) is 10.8 Å². The van der Waals surface area contributed by atoms with Gasteiger partial charge in [-0.25, -0.2) is 0 Å². The molecular weight excluding hydrogens is 324 g/mol. The SMILES string of the molecule is CCn1c(=O)sc2cc(NC(=O)c3ccc(OC)c(C)c3)ccc21. The maximum absolute atomic E-state index is 12.4. The normalized spacial score (nSPS) is 10.8. The van der Waals surface area contributed by atoms with E-state index in [1.807, 2.05) is 32.0 Å². The summed E-state index contributed by atoms with van der Waals surface area (Å²) < 4.78 is 7.79. The number of amides is 1. The molecule has 0 spiro atoms. The highest BCUT2D eigenvalue weighted by Crippen LogP contribution is 2.23. The number of aromatic nitrogens is 1. The van der Waals surface area contributed by atoms with E-state index in [0.717, 1.165) is 21.5 Å². The fraction of sp³-hybridized carbons (Fsp3) is 0.222. The molecule has 24 heavy (non-hydrogen) atoms. The van der Waals surface area contributed by atoms with Gasteiger partial charge in [-0.2, -0.15) is 0 Å². The Morgan fingerprint density at radius 2 is 2.04 bits per heavy atom. The number of ether oxygens (including phenoxy) is 1. The average molecular weight is 342 g/mol. The van der Waals surface area contributed by atoms with Gasteiger partial charge in [-0.05, 0) is 55.8 Å². The van der Waals surface area contributed by atoms with Gasteiger partial charge in [0.15, 0.2) is 0 Å². The van der Waals surface area contributed by atoms with E-state index in [4.69, 9.17) is 4.74 Å². The van der Waals surface area contributed by atoms with Crippen molar-refractivity contribution in [2.24, 2.45) is 0 Å². The van der Waals surface area contributed by atoms with Gasteiger partial charge in [-0.15, -0.1) is 0 Å². The lowest BCUT2D eigenvalue weighted by Gasteiger charge is -2.09. The molecule has 1 aromatic heterocycles. The van der Waals surface area contributed by atoms with Crippen LogP contribution in [0.25, 0.3) is 10.2 Å². The molecule has 0 fully saturated rings. The number of carbonyl (C=O) groups excluding carboxylic acids is 1. The number of fused-ring (bicyclic) bond motifs is 1. The topological polar surface area (TPSA) is 60.3 Å². The Kier molecular flexibility index (Phi) is 4.40. The minimum absolute atomic E-state index is 0.0155. The molecule has 124 valence electrons. The second-order valence-corrected chi connectivity index (χ2v) is 6.43. The van der Waals surface area contributed by atoms with Crippen molar-refractivity contribution in [1.82, 2.24) is 4.57 Å². The molecule has 0 atom stereocenters. The zero-order valence-corrected chi connectivity index (χ0v) is 14.6. The van der Waals surface area contributed by atoms with Crippen molar-refractivity contribution in [3.8, 4) is 5.75 Å². The lowest BCUT2D eigenvalue weighted by atomic mass is 10.1. The molecule has 0 unspecified atom stereocenters. The van der Waals surface area contributed by atoms with Crippen LogP contribution in [-0.4, -0.2) is 17.6 Å². The van der Waals surface area contributed by atoms with Crippen LogP contribution in [0.5, 0.6) is 5.75 Å². The van der Waals surface area contributed by atoms with Gasteiger partial charge >= 0.3 is 4.87 Å². The lowest BCUT2D eigenvalue weighted by Crippen LogP contribution is -2.12. The van der Waals surface area contributed by atoms with Crippen LogP contribution in [0.2, 0.25) is 0 Å². The number of nitrogens with one attached hydrogen (secondary N) is 1. The summed E-state index contributed by atoms with van der Waals surface area (Å²) in [6.07, 6.45) is 0. The molecule has 0 saturated carbocycles. The van der Waals surface area contributed by atoms with Crippen LogP contribution in [0.4, 0.5) is 5.69 Å². The maximum Gasteiger partial charge on any atom is 0.308 e. The lowest BCUT2D eigenvalue weighted by molar-refractivity contribution is 0.102. The van der Waals surface area contributed by atoms with Crippen LogP contribution in [-0.2, 0) is 6.54 Å². The number of aryl methyl sites for hydroxylation is 2. The fourth-order valence-corrected chi connectivity index (χ4v) is 3.66. The molecule has 3 aromatic rings. The van der Waals surface area contributed by atoms with Gasteiger partial charge in [0, 0.05) is 17.8 Å². The van der Waals surface area contributed by atoms with E-state index in [1.165, 1.54) is 11.3 Å². The number of anilines is 1. The molecule has 0 radical (unpaired) electrons. The van der Waals surface area contributed by atoms with E-state index < -0.39 is 0 Å². The molecule has 5 nitrogen and oxygen atoms in total. The van der Waals surface area contributed by atoms with Crippen LogP contribution >= 0.6 is 11.3 Å². The largest absolute Gasteiger partial charge is 0.496 e. The van der Waals surface area contributed by atoms with Crippen LogP contribution in [0.1, 0.15) is 22.8 Å². The molecule has 1 heterocycles. The van der Waals surface area contributed by atoms with Crippen molar-refractivity contribution in [3.05, 3.63) is 57.2 Å². The van der Waals surface area contributed by atoms with Crippen LogP contribution in [0.3, 0.4) is 0 Å². The zero-order chi connectivity index (χ0) is 17.3. The van der Waals surface area contributed by atoms with E-state index in [0.29, 0.717) is 17.8 Å². The first-order chi connectivity index (χ1) is 11.5. The van der Waals surface area contributed by atoms with Gasteiger partial charge in [-0.1, -0.05) is 11.3 Å². The van der Waals surface area contributed by atoms with Crippen LogP contribution < -0.4 is 14.9 Å². The van der Waals surface area contributed by atoms with Gasteiger partial charge in [0.1, 0.15) is 5.75 Å². The highest BCUT2D eigenvalue weighted by atomic mass is 32.1.